The summed E-state index contributed by atoms with van der Waals surface area (Å²) in [5, 5.41) is 0. The Hall–Kier alpha value is -0.120. The van der Waals surface area contributed by atoms with Crippen LogP contribution in [-0.2, 0) is 9.47 Å². The summed E-state index contributed by atoms with van der Waals surface area (Å²) in [4.78, 5) is 2.36. The van der Waals surface area contributed by atoms with Crippen LogP contribution in [0.15, 0.2) is 0 Å². The fraction of sp³-hybridized carbons (Fsp3) is 1.00. The van der Waals surface area contributed by atoms with Crippen molar-refractivity contribution < 1.29 is 9.47 Å². The molecule has 1 aliphatic rings. The molecule has 0 N–H and O–H groups in total. The predicted molar refractivity (Wildman–Crippen MR) is 61.7 cm³/mol. The fourth-order valence-corrected chi connectivity index (χ4v) is 2.51. The van der Waals surface area contributed by atoms with Crippen molar-refractivity contribution in [2.24, 2.45) is 0 Å². The van der Waals surface area contributed by atoms with Crippen LogP contribution in [0.2, 0.25) is 0 Å². The quantitative estimate of drug-likeness (QED) is 0.658. The minimum absolute atomic E-state index is 0.142. The van der Waals surface area contributed by atoms with E-state index in [2.05, 4.69) is 18.7 Å². The van der Waals surface area contributed by atoms with Gasteiger partial charge in [-0.05, 0) is 26.7 Å². The molecule has 1 saturated carbocycles. The monoisotopic (exact) mass is 215 g/mol. The van der Waals surface area contributed by atoms with Crippen molar-refractivity contribution in [1.29, 1.82) is 0 Å². The normalized spacial score (nSPS) is 23.0. The second-order valence-corrected chi connectivity index (χ2v) is 4.41. The SMILES string of the molecule is COC(C)N(C1CCCCC1)C(C)OC. The number of hydrogen-bond donors (Lipinski definition) is 0. The van der Waals surface area contributed by atoms with Gasteiger partial charge in [-0.1, -0.05) is 19.3 Å². The number of hydrogen-bond acceptors (Lipinski definition) is 3. The van der Waals surface area contributed by atoms with E-state index in [1.807, 2.05) is 0 Å². The lowest BCUT2D eigenvalue weighted by Gasteiger charge is -2.40. The van der Waals surface area contributed by atoms with Crippen molar-refractivity contribution in [2.45, 2.75) is 64.4 Å². The van der Waals surface area contributed by atoms with Crippen LogP contribution in [-0.4, -0.2) is 37.6 Å². The van der Waals surface area contributed by atoms with Crippen LogP contribution >= 0.6 is 0 Å². The lowest BCUT2D eigenvalue weighted by atomic mass is 9.94. The molecule has 0 heterocycles. The summed E-state index contributed by atoms with van der Waals surface area (Å²) in [6, 6.07) is 0.628. The summed E-state index contributed by atoms with van der Waals surface area (Å²) in [5.41, 5.74) is 0. The van der Waals surface area contributed by atoms with E-state index < -0.39 is 0 Å². The van der Waals surface area contributed by atoms with E-state index >= 15 is 0 Å². The molecule has 0 bridgehead atoms. The number of ether oxygens (including phenoxy) is 2. The highest BCUT2D eigenvalue weighted by Crippen LogP contribution is 2.26. The Morgan fingerprint density at radius 3 is 1.80 bits per heavy atom. The van der Waals surface area contributed by atoms with Crippen LogP contribution in [0.5, 0.6) is 0 Å². The largest absolute Gasteiger partial charge is 0.367 e. The van der Waals surface area contributed by atoms with Gasteiger partial charge >= 0.3 is 0 Å². The molecule has 1 fully saturated rings. The topological polar surface area (TPSA) is 21.7 Å². The van der Waals surface area contributed by atoms with E-state index in [1.54, 1.807) is 14.2 Å². The molecule has 2 atom stereocenters. The Morgan fingerprint density at radius 1 is 0.933 bits per heavy atom. The first-order chi connectivity index (χ1) is 7.20. The molecular formula is C12H25NO2. The fourth-order valence-electron chi connectivity index (χ4n) is 2.51. The van der Waals surface area contributed by atoms with Crippen LogP contribution in [0.4, 0.5) is 0 Å². The first-order valence-electron chi connectivity index (χ1n) is 6.03. The summed E-state index contributed by atoms with van der Waals surface area (Å²) < 4.78 is 10.9. The van der Waals surface area contributed by atoms with E-state index in [4.69, 9.17) is 9.47 Å². The molecule has 0 spiro atoms. The molecule has 0 saturated heterocycles. The molecule has 1 aliphatic carbocycles. The number of rotatable bonds is 5. The van der Waals surface area contributed by atoms with Gasteiger partial charge < -0.3 is 9.47 Å². The Morgan fingerprint density at radius 2 is 1.40 bits per heavy atom. The molecule has 0 aromatic carbocycles. The Balaban J connectivity index is 2.60. The van der Waals surface area contributed by atoms with Gasteiger partial charge in [-0.2, -0.15) is 0 Å². The Bertz CT molecular complexity index is 159. The van der Waals surface area contributed by atoms with Gasteiger partial charge in [0.05, 0.1) is 0 Å². The maximum absolute atomic E-state index is 5.43. The van der Waals surface area contributed by atoms with E-state index in [9.17, 15) is 0 Å². The molecule has 0 aliphatic heterocycles. The minimum atomic E-state index is 0.142. The maximum atomic E-state index is 5.43. The average molecular weight is 215 g/mol. The highest BCUT2D eigenvalue weighted by atomic mass is 16.5. The van der Waals surface area contributed by atoms with Crippen molar-refractivity contribution in [3.8, 4) is 0 Å². The zero-order valence-electron chi connectivity index (χ0n) is 10.5. The van der Waals surface area contributed by atoms with Gasteiger partial charge in [-0.15, -0.1) is 0 Å². The van der Waals surface area contributed by atoms with Crippen molar-refractivity contribution in [3.63, 3.8) is 0 Å². The summed E-state index contributed by atoms with van der Waals surface area (Å²) in [7, 11) is 3.53. The van der Waals surface area contributed by atoms with Gasteiger partial charge in [0.2, 0.25) is 0 Å². The van der Waals surface area contributed by atoms with Crippen LogP contribution in [0, 0.1) is 0 Å². The first kappa shape index (κ1) is 12.9. The third-order valence-corrected chi connectivity index (χ3v) is 3.52. The molecule has 1 rings (SSSR count). The van der Waals surface area contributed by atoms with Crippen molar-refractivity contribution in [2.75, 3.05) is 14.2 Å². The van der Waals surface area contributed by atoms with Gasteiger partial charge in [0, 0.05) is 20.3 Å². The second-order valence-electron chi connectivity index (χ2n) is 4.41. The Kier molecular flexibility index (Phi) is 5.58. The molecule has 3 heteroatoms. The summed E-state index contributed by atoms with van der Waals surface area (Å²) >= 11 is 0. The molecule has 0 radical (unpaired) electrons. The van der Waals surface area contributed by atoms with Crippen molar-refractivity contribution >= 4 is 0 Å². The van der Waals surface area contributed by atoms with Crippen LogP contribution < -0.4 is 0 Å². The summed E-state index contributed by atoms with van der Waals surface area (Å²) in [6.07, 6.45) is 6.91. The second kappa shape index (κ2) is 6.46. The highest BCUT2D eigenvalue weighted by Gasteiger charge is 2.29. The van der Waals surface area contributed by atoms with Crippen LogP contribution in [0.25, 0.3) is 0 Å². The minimum Gasteiger partial charge on any atom is -0.367 e. The third-order valence-electron chi connectivity index (χ3n) is 3.52. The number of nitrogens with zero attached hydrogens (tertiary/aromatic N) is 1. The van der Waals surface area contributed by atoms with Gasteiger partial charge in [0.15, 0.2) is 0 Å². The van der Waals surface area contributed by atoms with Crippen LogP contribution in [0.1, 0.15) is 46.0 Å². The molecule has 0 aromatic heterocycles. The van der Waals surface area contributed by atoms with E-state index in [-0.39, 0.29) is 12.5 Å². The molecule has 2 unspecified atom stereocenters. The molecular weight excluding hydrogens is 190 g/mol. The van der Waals surface area contributed by atoms with Gasteiger partial charge in [-0.25, -0.2) is 4.90 Å². The zero-order chi connectivity index (χ0) is 11.3. The van der Waals surface area contributed by atoms with E-state index in [0.29, 0.717) is 6.04 Å². The van der Waals surface area contributed by atoms with Gasteiger partial charge in [-0.3, -0.25) is 0 Å². The van der Waals surface area contributed by atoms with Crippen LogP contribution in [0.3, 0.4) is 0 Å². The number of methoxy groups -OCH3 is 2. The third kappa shape index (κ3) is 3.44. The first-order valence-corrected chi connectivity index (χ1v) is 6.03. The van der Waals surface area contributed by atoms with E-state index in [0.717, 1.165) is 0 Å². The molecule has 0 aromatic rings. The zero-order valence-corrected chi connectivity index (χ0v) is 10.5. The van der Waals surface area contributed by atoms with Crippen molar-refractivity contribution in [3.05, 3.63) is 0 Å². The van der Waals surface area contributed by atoms with E-state index in [1.165, 1.54) is 32.1 Å². The highest BCUT2D eigenvalue weighted by molar-refractivity contribution is 4.77. The standard InChI is InChI=1S/C12H25NO2/c1-10(14-3)13(11(2)15-4)12-8-6-5-7-9-12/h10-12H,5-9H2,1-4H3. The molecule has 3 nitrogen and oxygen atoms in total. The lowest BCUT2D eigenvalue weighted by molar-refractivity contribution is -0.142. The Labute approximate surface area is 93.7 Å². The van der Waals surface area contributed by atoms with Gasteiger partial charge in [0.25, 0.3) is 0 Å². The molecule has 15 heavy (non-hydrogen) atoms. The summed E-state index contributed by atoms with van der Waals surface area (Å²) in [5.74, 6) is 0. The van der Waals surface area contributed by atoms with Crippen molar-refractivity contribution in [1.82, 2.24) is 4.90 Å². The lowest BCUT2D eigenvalue weighted by Crippen LogP contribution is -2.49. The summed E-state index contributed by atoms with van der Waals surface area (Å²) in [6.45, 7) is 4.20. The predicted octanol–water partition coefficient (Wildman–Crippen LogP) is 2.61. The average Bonchev–Trinajstić information content (AvgIpc) is 2.30. The smallest absolute Gasteiger partial charge is 0.109 e. The van der Waals surface area contributed by atoms with Gasteiger partial charge in [0.1, 0.15) is 12.5 Å². The molecule has 0 amide bonds. The maximum Gasteiger partial charge on any atom is 0.109 e. The molecule has 90 valence electrons.